The number of H-pyrrole nitrogens is 2. The minimum absolute atomic E-state index is 0.539. The van der Waals surface area contributed by atoms with Crippen LogP contribution in [0.3, 0.4) is 0 Å². The van der Waals surface area contributed by atoms with Gasteiger partial charge in [-0.25, -0.2) is 4.98 Å². The molecule has 0 aliphatic rings. The van der Waals surface area contributed by atoms with Crippen LogP contribution in [0.4, 0.5) is 0 Å². The predicted molar refractivity (Wildman–Crippen MR) is 141 cm³/mol. The molecule has 0 unspecified atom stereocenters. The van der Waals surface area contributed by atoms with E-state index in [4.69, 9.17) is 4.98 Å². The summed E-state index contributed by atoms with van der Waals surface area (Å²) in [5, 5.41) is 12.0. The van der Waals surface area contributed by atoms with Gasteiger partial charge in [0.15, 0.2) is 5.82 Å². The number of fused-ring (bicyclic) bond motifs is 1. The highest BCUT2D eigenvalue weighted by atomic mass is 15.1. The van der Waals surface area contributed by atoms with E-state index in [1.807, 2.05) is 38.1 Å². The number of allylic oxidation sites excluding steroid dienone is 7. The number of nitrogens with one attached hydrogen (secondary N) is 3. The lowest BCUT2D eigenvalue weighted by Gasteiger charge is -2.13. The Hall–Kier alpha value is -3.86. The third-order valence-corrected chi connectivity index (χ3v) is 5.25. The largest absolute Gasteiger partial charge is 0.359 e. The maximum Gasteiger partial charge on any atom is 0.159 e. The van der Waals surface area contributed by atoms with Crippen LogP contribution in [0, 0.1) is 12.8 Å². The number of aryl methyl sites for hydroxylation is 1. The zero-order valence-electron chi connectivity index (χ0n) is 20.0. The fraction of sp³-hybridized carbons (Fsp3) is 0.214. The molecule has 5 nitrogen and oxygen atoms in total. The molecule has 0 amide bonds. The fourth-order valence-electron chi connectivity index (χ4n) is 3.68. The van der Waals surface area contributed by atoms with Crippen LogP contribution in [0.25, 0.3) is 34.1 Å². The van der Waals surface area contributed by atoms with Crippen molar-refractivity contribution in [2.75, 3.05) is 0 Å². The van der Waals surface area contributed by atoms with E-state index in [1.54, 1.807) is 6.08 Å². The van der Waals surface area contributed by atoms with Crippen molar-refractivity contribution < 1.29 is 0 Å². The molecule has 170 valence electrons. The standard InChI is InChI=1S/C28H33N5/c1-8-11-12-25-20(7)30-28(31-25)27-24-17-22(13-14-26(24)32-33-27)21(9-2)16-23(10-3)29-19(6)15-18(4)5/h8-14,16-18,29H,1,3,6,15H2,2,4-5,7H3,(H,30,31)(H,32,33)/b12-11-,21-9+,23-16+. The Labute approximate surface area is 196 Å². The topological polar surface area (TPSA) is 69.4 Å². The molecule has 3 aromatic rings. The van der Waals surface area contributed by atoms with Crippen molar-refractivity contribution in [1.82, 2.24) is 25.5 Å². The van der Waals surface area contributed by atoms with Gasteiger partial charge in [0.1, 0.15) is 5.69 Å². The Morgan fingerprint density at radius 3 is 2.70 bits per heavy atom. The Balaban J connectivity index is 1.97. The summed E-state index contributed by atoms with van der Waals surface area (Å²) in [4.78, 5) is 8.07. The molecule has 2 aromatic heterocycles. The van der Waals surface area contributed by atoms with Gasteiger partial charge in [0, 0.05) is 22.5 Å². The van der Waals surface area contributed by atoms with E-state index in [2.05, 4.69) is 78.4 Å². The summed E-state index contributed by atoms with van der Waals surface area (Å²) in [6.45, 7) is 20.2. The molecule has 0 atom stereocenters. The van der Waals surface area contributed by atoms with E-state index in [9.17, 15) is 0 Å². The lowest BCUT2D eigenvalue weighted by Crippen LogP contribution is -2.12. The quantitative estimate of drug-likeness (QED) is 0.296. The highest BCUT2D eigenvalue weighted by Gasteiger charge is 2.14. The van der Waals surface area contributed by atoms with Gasteiger partial charge in [-0.05, 0) is 67.7 Å². The second-order valence-electron chi connectivity index (χ2n) is 8.40. The molecule has 1 aromatic carbocycles. The maximum absolute atomic E-state index is 4.72. The van der Waals surface area contributed by atoms with E-state index in [1.165, 1.54) is 0 Å². The number of rotatable bonds is 10. The first-order valence-corrected chi connectivity index (χ1v) is 11.2. The molecule has 33 heavy (non-hydrogen) atoms. The summed E-state index contributed by atoms with van der Waals surface area (Å²) >= 11 is 0. The third-order valence-electron chi connectivity index (χ3n) is 5.25. The van der Waals surface area contributed by atoms with Gasteiger partial charge in [-0.2, -0.15) is 5.10 Å². The molecule has 0 aliphatic heterocycles. The SMILES string of the molecule is C=C/C=C\c1nc(-c2n[nH]c3ccc(C(/C=C(\C=C)NC(=C)CC(C)C)=C/C)cc23)[nH]c1C. The minimum Gasteiger partial charge on any atom is -0.359 e. The van der Waals surface area contributed by atoms with Crippen molar-refractivity contribution in [2.24, 2.45) is 5.92 Å². The number of nitrogens with zero attached hydrogens (tertiary/aromatic N) is 2. The van der Waals surface area contributed by atoms with Gasteiger partial charge in [0.05, 0.1) is 11.2 Å². The molecular weight excluding hydrogens is 406 g/mol. The molecule has 3 N–H and O–H groups in total. The highest BCUT2D eigenvalue weighted by molar-refractivity contribution is 5.94. The van der Waals surface area contributed by atoms with Crippen LogP contribution in [0.2, 0.25) is 0 Å². The Bertz CT molecular complexity index is 1260. The van der Waals surface area contributed by atoms with Crippen molar-refractivity contribution in [3.8, 4) is 11.5 Å². The van der Waals surface area contributed by atoms with Gasteiger partial charge >= 0.3 is 0 Å². The minimum atomic E-state index is 0.539. The van der Waals surface area contributed by atoms with Crippen LogP contribution in [0.15, 0.2) is 79.7 Å². The number of imidazole rings is 1. The molecular formula is C28H33N5. The number of hydrogen-bond acceptors (Lipinski definition) is 3. The summed E-state index contributed by atoms with van der Waals surface area (Å²) in [5.74, 6) is 1.27. The van der Waals surface area contributed by atoms with Crippen LogP contribution in [0.1, 0.15) is 44.1 Å². The molecule has 0 aliphatic carbocycles. The summed E-state index contributed by atoms with van der Waals surface area (Å²) < 4.78 is 0. The van der Waals surface area contributed by atoms with Crippen LogP contribution < -0.4 is 5.32 Å². The summed E-state index contributed by atoms with van der Waals surface area (Å²) in [5.41, 5.74) is 7.66. The third kappa shape index (κ3) is 5.69. The average molecular weight is 440 g/mol. The second kappa shape index (κ2) is 10.6. The van der Waals surface area contributed by atoms with Crippen molar-refractivity contribution in [2.45, 2.75) is 34.1 Å². The summed E-state index contributed by atoms with van der Waals surface area (Å²) in [6.07, 6.45) is 12.5. The van der Waals surface area contributed by atoms with Crippen molar-refractivity contribution in [1.29, 1.82) is 0 Å². The number of hydrogen-bond donors (Lipinski definition) is 3. The molecule has 0 bridgehead atoms. The average Bonchev–Trinajstić information content (AvgIpc) is 3.37. The number of benzene rings is 1. The molecule has 0 radical (unpaired) electrons. The smallest absolute Gasteiger partial charge is 0.159 e. The lowest BCUT2D eigenvalue weighted by molar-refractivity contribution is 0.622. The van der Waals surface area contributed by atoms with Crippen molar-refractivity contribution in [3.05, 3.63) is 96.7 Å². The Kier molecular flexibility index (Phi) is 7.67. The molecule has 5 heteroatoms. The number of aromatic amines is 2. The first kappa shape index (κ1) is 23.8. The van der Waals surface area contributed by atoms with Crippen molar-refractivity contribution in [3.63, 3.8) is 0 Å². The van der Waals surface area contributed by atoms with Gasteiger partial charge in [-0.1, -0.05) is 57.9 Å². The number of aromatic nitrogens is 4. The summed E-state index contributed by atoms with van der Waals surface area (Å²) in [6, 6.07) is 6.28. The van der Waals surface area contributed by atoms with Crippen molar-refractivity contribution >= 4 is 22.6 Å². The van der Waals surface area contributed by atoms with Gasteiger partial charge in [0.25, 0.3) is 0 Å². The first-order chi connectivity index (χ1) is 15.9. The molecule has 0 spiro atoms. The van der Waals surface area contributed by atoms with E-state index >= 15 is 0 Å². The zero-order valence-corrected chi connectivity index (χ0v) is 20.0. The van der Waals surface area contributed by atoms with Crippen LogP contribution in [-0.4, -0.2) is 20.2 Å². The molecule has 0 fully saturated rings. The van der Waals surface area contributed by atoms with Gasteiger partial charge in [0.2, 0.25) is 0 Å². The predicted octanol–water partition coefficient (Wildman–Crippen LogP) is 7.08. The summed E-state index contributed by atoms with van der Waals surface area (Å²) in [7, 11) is 0. The van der Waals surface area contributed by atoms with Gasteiger partial charge in [-0.3, -0.25) is 5.10 Å². The maximum atomic E-state index is 4.72. The van der Waals surface area contributed by atoms with E-state index < -0.39 is 0 Å². The second-order valence-corrected chi connectivity index (χ2v) is 8.40. The molecule has 3 rings (SSSR count). The molecule has 0 saturated heterocycles. The Morgan fingerprint density at radius 1 is 1.24 bits per heavy atom. The normalized spacial score (nSPS) is 12.6. The van der Waals surface area contributed by atoms with Crippen LogP contribution in [0.5, 0.6) is 0 Å². The van der Waals surface area contributed by atoms with E-state index in [0.29, 0.717) is 5.92 Å². The zero-order chi connectivity index (χ0) is 24.0. The van der Waals surface area contributed by atoms with E-state index in [0.717, 1.165) is 62.8 Å². The van der Waals surface area contributed by atoms with Crippen LogP contribution in [-0.2, 0) is 0 Å². The first-order valence-electron chi connectivity index (χ1n) is 11.2. The molecule has 2 heterocycles. The van der Waals surface area contributed by atoms with Gasteiger partial charge < -0.3 is 10.3 Å². The Morgan fingerprint density at radius 2 is 2.03 bits per heavy atom. The monoisotopic (exact) mass is 439 g/mol. The lowest BCUT2D eigenvalue weighted by atomic mass is 10.0. The fourth-order valence-corrected chi connectivity index (χ4v) is 3.68. The molecule has 0 saturated carbocycles. The van der Waals surface area contributed by atoms with E-state index in [-0.39, 0.29) is 0 Å². The van der Waals surface area contributed by atoms with Crippen LogP contribution >= 0.6 is 0 Å². The highest BCUT2D eigenvalue weighted by Crippen LogP contribution is 2.29. The van der Waals surface area contributed by atoms with Gasteiger partial charge in [-0.15, -0.1) is 0 Å².